The van der Waals surface area contributed by atoms with Crippen LogP contribution in [-0.2, 0) is 4.74 Å². The van der Waals surface area contributed by atoms with Crippen molar-refractivity contribution < 1.29 is 9.13 Å². The maximum absolute atomic E-state index is 12.6. The van der Waals surface area contributed by atoms with E-state index in [0.717, 1.165) is 5.69 Å². The predicted molar refractivity (Wildman–Crippen MR) is 67.1 cm³/mol. The summed E-state index contributed by atoms with van der Waals surface area (Å²) in [7, 11) is 1.63. The smallest absolute Gasteiger partial charge is 0.171 e. The molecule has 0 bridgehead atoms. The summed E-state index contributed by atoms with van der Waals surface area (Å²) in [4.78, 5) is 0. The van der Waals surface area contributed by atoms with Crippen LogP contribution in [0.5, 0.6) is 0 Å². The Morgan fingerprint density at radius 1 is 1.44 bits per heavy atom. The van der Waals surface area contributed by atoms with Crippen LogP contribution in [0.2, 0.25) is 0 Å². The number of thiocarbonyl (C=S) groups is 1. The fourth-order valence-electron chi connectivity index (χ4n) is 1.22. The monoisotopic (exact) mass is 242 g/mol. The largest absolute Gasteiger partial charge is 0.383 e. The SMILES string of the molecule is COCC(C)NC(=S)Nc1ccc(F)cc1. The van der Waals surface area contributed by atoms with Crippen LogP contribution in [0.4, 0.5) is 10.1 Å². The van der Waals surface area contributed by atoms with Gasteiger partial charge in [-0.3, -0.25) is 0 Å². The van der Waals surface area contributed by atoms with E-state index in [-0.39, 0.29) is 11.9 Å². The van der Waals surface area contributed by atoms with Crippen LogP contribution in [0.1, 0.15) is 6.92 Å². The maximum atomic E-state index is 12.6. The molecule has 0 saturated heterocycles. The predicted octanol–water partition coefficient (Wildman–Crippen LogP) is 2.15. The molecule has 3 nitrogen and oxygen atoms in total. The van der Waals surface area contributed by atoms with Gasteiger partial charge in [0.15, 0.2) is 5.11 Å². The minimum Gasteiger partial charge on any atom is -0.383 e. The molecule has 1 atom stereocenters. The highest BCUT2D eigenvalue weighted by atomic mass is 32.1. The van der Waals surface area contributed by atoms with Crippen molar-refractivity contribution >= 4 is 23.0 Å². The Labute approximate surface area is 100.0 Å². The lowest BCUT2D eigenvalue weighted by atomic mass is 10.3. The van der Waals surface area contributed by atoms with Gasteiger partial charge in [0.25, 0.3) is 0 Å². The van der Waals surface area contributed by atoms with E-state index in [2.05, 4.69) is 10.6 Å². The summed E-state index contributed by atoms with van der Waals surface area (Å²) < 4.78 is 17.6. The number of rotatable bonds is 4. The average molecular weight is 242 g/mol. The molecule has 5 heteroatoms. The molecule has 0 amide bonds. The maximum Gasteiger partial charge on any atom is 0.171 e. The van der Waals surface area contributed by atoms with Crippen LogP contribution in [-0.4, -0.2) is 24.9 Å². The Hall–Kier alpha value is -1.20. The number of ether oxygens (including phenoxy) is 1. The van der Waals surface area contributed by atoms with Crippen molar-refractivity contribution in [3.8, 4) is 0 Å². The third kappa shape index (κ3) is 4.55. The van der Waals surface area contributed by atoms with Crippen molar-refractivity contribution in [1.29, 1.82) is 0 Å². The summed E-state index contributed by atoms with van der Waals surface area (Å²) in [5.74, 6) is -0.267. The molecule has 0 fully saturated rings. The molecular formula is C11H15FN2OS. The highest BCUT2D eigenvalue weighted by Crippen LogP contribution is 2.07. The van der Waals surface area contributed by atoms with E-state index in [1.54, 1.807) is 19.2 Å². The van der Waals surface area contributed by atoms with E-state index < -0.39 is 0 Å². The van der Waals surface area contributed by atoms with Crippen LogP contribution in [0.25, 0.3) is 0 Å². The first kappa shape index (κ1) is 12.9. The van der Waals surface area contributed by atoms with Crippen molar-refractivity contribution in [3.63, 3.8) is 0 Å². The quantitative estimate of drug-likeness (QED) is 0.793. The van der Waals surface area contributed by atoms with Gasteiger partial charge in [-0.05, 0) is 43.4 Å². The Morgan fingerprint density at radius 2 is 2.06 bits per heavy atom. The summed E-state index contributed by atoms with van der Waals surface area (Å²) in [5, 5.41) is 6.50. The Kier molecular flexibility index (Phi) is 5.14. The first-order valence-corrected chi connectivity index (χ1v) is 5.34. The van der Waals surface area contributed by atoms with Gasteiger partial charge in [0.2, 0.25) is 0 Å². The van der Waals surface area contributed by atoms with Crippen molar-refractivity contribution in [3.05, 3.63) is 30.1 Å². The topological polar surface area (TPSA) is 33.3 Å². The first-order chi connectivity index (χ1) is 7.61. The second-order valence-electron chi connectivity index (χ2n) is 3.46. The first-order valence-electron chi connectivity index (χ1n) is 4.94. The molecule has 1 aromatic carbocycles. The van der Waals surface area contributed by atoms with Crippen LogP contribution in [0.3, 0.4) is 0 Å². The molecule has 16 heavy (non-hydrogen) atoms. The van der Waals surface area contributed by atoms with Gasteiger partial charge in [0.05, 0.1) is 6.61 Å². The van der Waals surface area contributed by atoms with E-state index in [1.807, 2.05) is 6.92 Å². The lowest BCUT2D eigenvalue weighted by Gasteiger charge is -2.16. The van der Waals surface area contributed by atoms with E-state index in [0.29, 0.717) is 11.7 Å². The standard InChI is InChI=1S/C11H15FN2OS/c1-8(7-15-2)13-11(16)14-10-5-3-9(12)4-6-10/h3-6,8H,7H2,1-2H3,(H2,13,14,16). The number of anilines is 1. The Balaban J connectivity index is 2.42. The molecule has 0 aliphatic heterocycles. The van der Waals surface area contributed by atoms with Crippen molar-refractivity contribution in [1.82, 2.24) is 5.32 Å². The second-order valence-corrected chi connectivity index (χ2v) is 3.87. The molecule has 0 saturated carbocycles. The summed E-state index contributed by atoms with van der Waals surface area (Å²) in [6.45, 7) is 2.54. The van der Waals surface area contributed by atoms with Gasteiger partial charge >= 0.3 is 0 Å². The number of methoxy groups -OCH3 is 1. The van der Waals surface area contributed by atoms with Crippen LogP contribution >= 0.6 is 12.2 Å². The molecule has 0 aliphatic rings. The van der Waals surface area contributed by atoms with Crippen LogP contribution in [0.15, 0.2) is 24.3 Å². The molecule has 1 unspecified atom stereocenters. The average Bonchev–Trinajstić information content (AvgIpc) is 2.21. The number of hydrogen-bond acceptors (Lipinski definition) is 2. The van der Waals surface area contributed by atoms with E-state index in [9.17, 15) is 4.39 Å². The molecule has 88 valence electrons. The number of hydrogen-bond donors (Lipinski definition) is 2. The van der Waals surface area contributed by atoms with Crippen LogP contribution in [0, 0.1) is 5.82 Å². The zero-order valence-corrected chi connectivity index (χ0v) is 10.1. The minimum atomic E-state index is -0.267. The third-order valence-corrected chi connectivity index (χ3v) is 2.12. The lowest BCUT2D eigenvalue weighted by molar-refractivity contribution is 0.179. The summed E-state index contributed by atoms with van der Waals surface area (Å²) >= 11 is 5.09. The molecule has 0 heterocycles. The fourth-order valence-corrected chi connectivity index (χ4v) is 1.53. The molecule has 0 aliphatic carbocycles. The van der Waals surface area contributed by atoms with Crippen molar-refractivity contribution in [2.75, 3.05) is 19.0 Å². The summed E-state index contributed by atoms with van der Waals surface area (Å²) in [6.07, 6.45) is 0. The lowest BCUT2D eigenvalue weighted by Crippen LogP contribution is -2.38. The molecule has 1 aromatic rings. The van der Waals surface area contributed by atoms with Gasteiger partial charge in [-0.2, -0.15) is 0 Å². The third-order valence-electron chi connectivity index (χ3n) is 1.90. The molecule has 2 N–H and O–H groups in total. The van der Waals surface area contributed by atoms with Crippen molar-refractivity contribution in [2.45, 2.75) is 13.0 Å². The van der Waals surface area contributed by atoms with Crippen LogP contribution < -0.4 is 10.6 Å². The van der Waals surface area contributed by atoms with Gasteiger partial charge in [0, 0.05) is 18.8 Å². The molecule has 0 spiro atoms. The van der Waals surface area contributed by atoms with Crippen molar-refractivity contribution in [2.24, 2.45) is 0 Å². The number of nitrogens with one attached hydrogen (secondary N) is 2. The Morgan fingerprint density at radius 3 is 2.62 bits per heavy atom. The normalized spacial score (nSPS) is 11.9. The zero-order valence-electron chi connectivity index (χ0n) is 9.29. The fraction of sp³-hybridized carbons (Fsp3) is 0.364. The van der Waals surface area contributed by atoms with Gasteiger partial charge in [0.1, 0.15) is 5.82 Å². The van der Waals surface area contributed by atoms with E-state index in [4.69, 9.17) is 17.0 Å². The summed E-state index contributed by atoms with van der Waals surface area (Å²) in [6, 6.07) is 6.15. The number of benzene rings is 1. The number of halogens is 1. The molecule has 0 radical (unpaired) electrons. The van der Waals surface area contributed by atoms with Gasteiger partial charge in [-0.25, -0.2) is 4.39 Å². The minimum absolute atomic E-state index is 0.130. The Bertz CT molecular complexity index is 342. The highest BCUT2D eigenvalue weighted by molar-refractivity contribution is 7.80. The second kappa shape index (κ2) is 6.40. The van der Waals surface area contributed by atoms with Gasteiger partial charge in [-0.1, -0.05) is 0 Å². The molecular weight excluding hydrogens is 227 g/mol. The van der Waals surface area contributed by atoms with E-state index in [1.165, 1.54) is 12.1 Å². The zero-order chi connectivity index (χ0) is 12.0. The van der Waals surface area contributed by atoms with Gasteiger partial charge in [-0.15, -0.1) is 0 Å². The molecule has 1 rings (SSSR count). The van der Waals surface area contributed by atoms with Gasteiger partial charge < -0.3 is 15.4 Å². The van der Waals surface area contributed by atoms with E-state index >= 15 is 0 Å². The highest BCUT2D eigenvalue weighted by Gasteiger charge is 2.03. The molecule has 0 aromatic heterocycles. The summed E-state index contributed by atoms with van der Waals surface area (Å²) in [5.41, 5.74) is 0.753.